The van der Waals surface area contributed by atoms with Gasteiger partial charge in [-0.15, -0.1) is 0 Å². The van der Waals surface area contributed by atoms with Gasteiger partial charge >= 0.3 is 0 Å². The Kier molecular flexibility index (Phi) is 6.24. The van der Waals surface area contributed by atoms with Crippen LogP contribution in [0.5, 0.6) is 11.5 Å². The van der Waals surface area contributed by atoms with Crippen molar-refractivity contribution in [1.29, 1.82) is 0 Å². The lowest BCUT2D eigenvalue weighted by molar-refractivity contribution is -0.134. The molecular formula is C17H26N2O4. The van der Waals surface area contributed by atoms with Crippen molar-refractivity contribution in [3.8, 4) is 11.5 Å². The Hall–Kier alpha value is -1.79. The van der Waals surface area contributed by atoms with E-state index < -0.39 is 6.04 Å². The smallest absolute Gasteiger partial charge is 0.242 e. The molecule has 1 aliphatic heterocycles. The molecule has 0 aromatic heterocycles. The zero-order valence-corrected chi connectivity index (χ0v) is 14.1. The van der Waals surface area contributed by atoms with Gasteiger partial charge in [0.25, 0.3) is 0 Å². The average Bonchev–Trinajstić information content (AvgIpc) is 2.55. The van der Waals surface area contributed by atoms with Gasteiger partial charge in [0.2, 0.25) is 5.91 Å². The zero-order chi connectivity index (χ0) is 16.8. The monoisotopic (exact) mass is 322 g/mol. The molecule has 0 saturated carbocycles. The van der Waals surface area contributed by atoms with Gasteiger partial charge in [-0.3, -0.25) is 4.79 Å². The van der Waals surface area contributed by atoms with Gasteiger partial charge in [0.15, 0.2) is 11.5 Å². The van der Waals surface area contributed by atoms with Crippen LogP contribution in [0.1, 0.15) is 25.0 Å². The fourth-order valence-corrected chi connectivity index (χ4v) is 2.77. The Morgan fingerprint density at radius 3 is 2.39 bits per heavy atom. The summed E-state index contributed by atoms with van der Waals surface area (Å²) in [5.41, 5.74) is 8.14. The van der Waals surface area contributed by atoms with Gasteiger partial charge in [-0.2, -0.15) is 0 Å². The molecule has 23 heavy (non-hydrogen) atoms. The molecule has 0 aliphatic carbocycles. The van der Waals surface area contributed by atoms with Crippen molar-refractivity contribution in [2.45, 2.75) is 32.9 Å². The quantitative estimate of drug-likeness (QED) is 0.820. The Labute approximate surface area is 137 Å². The molecule has 6 heteroatoms. The van der Waals surface area contributed by atoms with Crippen molar-refractivity contribution in [1.82, 2.24) is 4.90 Å². The first kappa shape index (κ1) is 17.6. The molecule has 0 saturated heterocycles. The molecule has 6 nitrogen and oxygen atoms in total. The lowest BCUT2D eigenvalue weighted by atomic mass is 9.98. The third-order valence-corrected chi connectivity index (χ3v) is 3.85. The van der Waals surface area contributed by atoms with E-state index in [1.807, 2.05) is 26.0 Å². The minimum absolute atomic E-state index is 0.0793. The molecule has 1 amide bonds. The number of benzene rings is 1. The van der Waals surface area contributed by atoms with Crippen LogP contribution in [0, 0.1) is 0 Å². The molecule has 0 spiro atoms. The van der Waals surface area contributed by atoms with Crippen LogP contribution in [0.4, 0.5) is 0 Å². The van der Waals surface area contributed by atoms with Gasteiger partial charge in [-0.25, -0.2) is 0 Å². The molecule has 2 rings (SSSR count). The molecule has 2 N–H and O–H groups in total. The molecule has 1 atom stereocenters. The summed E-state index contributed by atoms with van der Waals surface area (Å²) >= 11 is 0. The number of hydrogen-bond acceptors (Lipinski definition) is 5. The van der Waals surface area contributed by atoms with Crippen LogP contribution >= 0.6 is 0 Å². The van der Waals surface area contributed by atoms with Crippen molar-refractivity contribution in [3.05, 3.63) is 23.3 Å². The minimum atomic E-state index is -0.615. The van der Waals surface area contributed by atoms with Crippen molar-refractivity contribution in [2.75, 3.05) is 33.5 Å². The second-order valence-electron chi connectivity index (χ2n) is 5.51. The fraction of sp³-hybridized carbons (Fsp3) is 0.588. The van der Waals surface area contributed by atoms with Crippen LogP contribution in [0.3, 0.4) is 0 Å². The van der Waals surface area contributed by atoms with Crippen LogP contribution in [-0.2, 0) is 22.5 Å². The fourth-order valence-electron chi connectivity index (χ4n) is 2.77. The number of methoxy groups -OCH3 is 1. The molecule has 1 aliphatic rings. The highest BCUT2D eigenvalue weighted by Gasteiger charge is 2.26. The van der Waals surface area contributed by atoms with E-state index in [0.29, 0.717) is 26.3 Å². The first-order valence-corrected chi connectivity index (χ1v) is 8.05. The zero-order valence-electron chi connectivity index (χ0n) is 14.1. The van der Waals surface area contributed by atoms with Gasteiger partial charge in [0.05, 0.1) is 19.8 Å². The van der Waals surface area contributed by atoms with Gasteiger partial charge in [0.1, 0.15) is 6.04 Å². The maximum absolute atomic E-state index is 12.3. The van der Waals surface area contributed by atoms with Crippen LogP contribution in [0.2, 0.25) is 0 Å². The second-order valence-corrected chi connectivity index (χ2v) is 5.51. The molecule has 1 aromatic carbocycles. The highest BCUT2D eigenvalue weighted by molar-refractivity contribution is 5.82. The molecule has 1 aromatic rings. The summed E-state index contributed by atoms with van der Waals surface area (Å²) in [6, 6.07) is 3.39. The molecular weight excluding hydrogens is 296 g/mol. The topological polar surface area (TPSA) is 74.0 Å². The molecule has 0 radical (unpaired) electrons. The minimum Gasteiger partial charge on any atom is -0.490 e. The van der Waals surface area contributed by atoms with Crippen molar-refractivity contribution >= 4 is 5.91 Å². The van der Waals surface area contributed by atoms with E-state index in [9.17, 15) is 4.79 Å². The summed E-state index contributed by atoms with van der Waals surface area (Å²) in [4.78, 5) is 14.1. The highest BCUT2D eigenvalue weighted by atomic mass is 16.5. The highest BCUT2D eigenvalue weighted by Crippen LogP contribution is 2.34. The standard InChI is InChI=1S/C17H26N2O4/c1-4-22-15-8-12-6-7-19(17(20)14(18)11-21-3)10-13(12)9-16(15)23-5-2/h8-9,14H,4-7,10-11,18H2,1-3H3. The molecule has 1 heterocycles. The molecule has 1 unspecified atom stereocenters. The summed E-state index contributed by atoms with van der Waals surface area (Å²) < 4.78 is 16.3. The molecule has 0 fully saturated rings. The third kappa shape index (κ3) is 4.14. The molecule has 0 bridgehead atoms. The van der Waals surface area contributed by atoms with E-state index in [1.165, 1.54) is 5.56 Å². The van der Waals surface area contributed by atoms with Gasteiger partial charge in [0, 0.05) is 20.2 Å². The maximum Gasteiger partial charge on any atom is 0.242 e. The Morgan fingerprint density at radius 1 is 1.22 bits per heavy atom. The number of nitrogens with two attached hydrogens (primary N) is 1. The second kappa shape index (κ2) is 8.17. The maximum atomic E-state index is 12.3. The lowest BCUT2D eigenvalue weighted by Crippen LogP contribution is -2.47. The average molecular weight is 322 g/mol. The molecule has 128 valence electrons. The lowest BCUT2D eigenvalue weighted by Gasteiger charge is -2.31. The SMILES string of the molecule is CCOc1cc2c(cc1OCC)CN(C(=O)C(N)COC)CC2. The van der Waals surface area contributed by atoms with Crippen LogP contribution < -0.4 is 15.2 Å². The van der Waals surface area contributed by atoms with E-state index in [1.54, 1.807) is 12.0 Å². The van der Waals surface area contributed by atoms with E-state index in [4.69, 9.17) is 19.9 Å². The number of carbonyl (C=O) groups excluding carboxylic acids is 1. The van der Waals surface area contributed by atoms with Crippen LogP contribution in [-0.4, -0.2) is 50.3 Å². The van der Waals surface area contributed by atoms with Crippen molar-refractivity contribution < 1.29 is 19.0 Å². The normalized spacial score (nSPS) is 15.0. The summed E-state index contributed by atoms with van der Waals surface area (Å²) in [6.45, 7) is 6.48. The summed E-state index contributed by atoms with van der Waals surface area (Å²) in [7, 11) is 1.54. The van der Waals surface area contributed by atoms with E-state index in [2.05, 4.69) is 0 Å². The van der Waals surface area contributed by atoms with E-state index in [-0.39, 0.29) is 12.5 Å². The number of ether oxygens (including phenoxy) is 3. The Morgan fingerprint density at radius 2 is 1.83 bits per heavy atom. The predicted molar refractivity (Wildman–Crippen MR) is 87.8 cm³/mol. The number of carbonyl (C=O) groups is 1. The Bertz CT molecular complexity index is 548. The van der Waals surface area contributed by atoms with Crippen LogP contribution in [0.15, 0.2) is 12.1 Å². The first-order chi connectivity index (χ1) is 11.1. The van der Waals surface area contributed by atoms with Crippen LogP contribution in [0.25, 0.3) is 0 Å². The largest absolute Gasteiger partial charge is 0.490 e. The number of fused-ring (bicyclic) bond motifs is 1. The van der Waals surface area contributed by atoms with Gasteiger partial charge in [-0.05, 0) is 43.5 Å². The van der Waals surface area contributed by atoms with E-state index in [0.717, 1.165) is 23.5 Å². The predicted octanol–water partition coefficient (Wildman–Crippen LogP) is 1.34. The number of nitrogens with zero attached hydrogens (tertiary/aromatic N) is 1. The first-order valence-electron chi connectivity index (χ1n) is 8.05. The number of amides is 1. The van der Waals surface area contributed by atoms with Gasteiger partial charge < -0.3 is 24.8 Å². The van der Waals surface area contributed by atoms with E-state index >= 15 is 0 Å². The third-order valence-electron chi connectivity index (χ3n) is 3.85. The summed E-state index contributed by atoms with van der Waals surface area (Å²) in [6.07, 6.45) is 0.785. The summed E-state index contributed by atoms with van der Waals surface area (Å²) in [5.74, 6) is 1.41. The van der Waals surface area contributed by atoms with Crippen molar-refractivity contribution in [3.63, 3.8) is 0 Å². The summed E-state index contributed by atoms with van der Waals surface area (Å²) in [5, 5.41) is 0. The number of hydrogen-bond donors (Lipinski definition) is 1. The van der Waals surface area contributed by atoms with Gasteiger partial charge in [-0.1, -0.05) is 0 Å². The number of rotatable bonds is 7. The van der Waals surface area contributed by atoms with Crippen molar-refractivity contribution in [2.24, 2.45) is 5.73 Å². The Balaban J connectivity index is 2.19.